The van der Waals surface area contributed by atoms with Crippen LogP contribution in [0.15, 0.2) is 41.5 Å². The highest BCUT2D eigenvalue weighted by atomic mass is 16.5. The zero-order chi connectivity index (χ0) is 16.1. The number of carbonyl (C=O) groups is 1. The van der Waals surface area contributed by atoms with E-state index in [-0.39, 0.29) is 17.1 Å². The molecule has 0 aliphatic heterocycles. The highest BCUT2D eigenvalue weighted by Crippen LogP contribution is 2.21. The molecule has 0 aromatic heterocycles. The molecule has 0 aliphatic carbocycles. The zero-order valence-electron chi connectivity index (χ0n) is 12.2. The van der Waals surface area contributed by atoms with Crippen molar-refractivity contribution in [2.75, 3.05) is 7.11 Å². The van der Waals surface area contributed by atoms with Crippen molar-refractivity contribution in [1.82, 2.24) is 5.43 Å². The van der Waals surface area contributed by atoms with E-state index in [1.807, 2.05) is 6.92 Å². The van der Waals surface area contributed by atoms with Crippen LogP contribution in [0.4, 0.5) is 0 Å². The van der Waals surface area contributed by atoms with Crippen LogP contribution in [-0.2, 0) is 0 Å². The lowest BCUT2D eigenvalue weighted by Gasteiger charge is -2.05. The van der Waals surface area contributed by atoms with E-state index in [0.29, 0.717) is 11.3 Å². The normalized spacial score (nSPS) is 10.6. The fraction of sp³-hybridized carbons (Fsp3) is 0.125. The van der Waals surface area contributed by atoms with Gasteiger partial charge < -0.3 is 14.9 Å². The largest absolute Gasteiger partial charge is 0.507 e. The summed E-state index contributed by atoms with van der Waals surface area (Å²) in [5.74, 6) is -0.0959. The minimum atomic E-state index is -0.542. The predicted molar refractivity (Wildman–Crippen MR) is 82.6 cm³/mol. The number of benzene rings is 2. The van der Waals surface area contributed by atoms with Gasteiger partial charge in [-0.3, -0.25) is 4.79 Å². The smallest absolute Gasteiger partial charge is 0.275 e. The molecule has 0 bridgehead atoms. The van der Waals surface area contributed by atoms with Crippen LogP contribution in [0, 0.1) is 6.92 Å². The number of hydrazone groups is 1. The van der Waals surface area contributed by atoms with Crippen LogP contribution in [0.3, 0.4) is 0 Å². The molecule has 114 valence electrons. The number of rotatable bonds is 4. The molecule has 0 saturated carbocycles. The van der Waals surface area contributed by atoms with Crippen molar-refractivity contribution >= 4 is 12.1 Å². The Kier molecular flexibility index (Phi) is 4.63. The van der Waals surface area contributed by atoms with Gasteiger partial charge in [0, 0.05) is 5.56 Å². The van der Waals surface area contributed by atoms with Crippen molar-refractivity contribution in [3.8, 4) is 17.2 Å². The summed E-state index contributed by atoms with van der Waals surface area (Å²) < 4.78 is 5.04. The third kappa shape index (κ3) is 3.54. The Bertz CT molecular complexity index is 726. The number of hydrogen-bond donors (Lipinski definition) is 3. The fourth-order valence-electron chi connectivity index (χ4n) is 1.82. The first-order valence-corrected chi connectivity index (χ1v) is 6.51. The maximum Gasteiger partial charge on any atom is 0.275 e. The van der Waals surface area contributed by atoms with Crippen molar-refractivity contribution in [1.29, 1.82) is 0 Å². The van der Waals surface area contributed by atoms with Gasteiger partial charge in [-0.25, -0.2) is 5.43 Å². The molecule has 0 aliphatic rings. The van der Waals surface area contributed by atoms with Gasteiger partial charge in [0.05, 0.1) is 18.9 Å². The summed E-state index contributed by atoms with van der Waals surface area (Å²) in [6, 6.07) is 9.36. The molecule has 3 N–H and O–H groups in total. The standard InChI is InChI=1S/C16H16N2O4/c1-10-3-5-15(20)13(7-10)16(21)18-17-9-11-8-12(22-2)4-6-14(11)19/h3-9,19-20H,1-2H3,(H,18,21). The van der Waals surface area contributed by atoms with Crippen molar-refractivity contribution in [3.05, 3.63) is 53.1 Å². The van der Waals surface area contributed by atoms with Gasteiger partial charge >= 0.3 is 0 Å². The summed E-state index contributed by atoms with van der Waals surface area (Å²) in [7, 11) is 1.51. The van der Waals surface area contributed by atoms with E-state index in [0.717, 1.165) is 5.56 Å². The molecular weight excluding hydrogens is 284 g/mol. The molecule has 2 aromatic rings. The number of amides is 1. The van der Waals surface area contributed by atoms with Crippen LogP contribution < -0.4 is 10.2 Å². The highest BCUT2D eigenvalue weighted by molar-refractivity contribution is 5.97. The van der Waals surface area contributed by atoms with Crippen LogP contribution in [0.1, 0.15) is 21.5 Å². The number of carbonyl (C=O) groups excluding carboxylic acids is 1. The number of nitrogens with one attached hydrogen (secondary N) is 1. The number of aromatic hydroxyl groups is 2. The summed E-state index contributed by atoms with van der Waals surface area (Å²) in [5.41, 5.74) is 3.67. The van der Waals surface area contributed by atoms with Gasteiger partial charge in [-0.05, 0) is 37.3 Å². The lowest BCUT2D eigenvalue weighted by molar-refractivity contribution is 0.0952. The van der Waals surface area contributed by atoms with Crippen molar-refractivity contribution in [3.63, 3.8) is 0 Å². The zero-order valence-corrected chi connectivity index (χ0v) is 12.2. The van der Waals surface area contributed by atoms with Gasteiger partial charge in [0.15, 0.2) is 0 Å². The number of ether oxygens (including phenoxy) is 1. The second-order valence-corrected chi connectivity index (χ2v) is 4.64. The SMILES string of the molecule is COc1ccc(O)c(C=NNC(=O)c2cc(C)ccc2O)c1. The lowest BCUT2D eigenvalue weighted by atomic mass is 10.1. The summed E-state index contributed by atoms with van der Waals surface area (Å²) in [5, 5.41) is 23.1. The lowest BCUT2D eigenvalue weighted by Crippen LogP contribution is -2.17. The van der Waals surface area contributed by atoms with E-state index < -0.39 is 5.91 Å². The van der Waals surface area contributed by atoms with Crippen LogP contribution in [0.25, 0.3) is 0 Å². The van der Waals surface area contributed by atoms with Crippen molar-refractivity contribution in [2.45, 2.75) is 6.92 Å². The molecule has 0 unspecified atom stereocenters. The molecular formula is C16H16N2O4. The minimum absolute atomic E-state index is 0.0113. The first-order valence-electron chi connectivity index (χ1n) is 6.51. The highest BCUT2D eigenvalue weighted by Gasteiger charge is 2.10. The van der Waals surface area contributed by atoms with E-state index in [2.05, 4.69) is 10.5 Å². The molecule has 0 fully saturated rings. The van der Waals surface area contributed by atoms with E-state index in [1.165, 1.54) is 25.5 Å². The summed E-state index contributed by atoms with van der Waals surface area (Å²) in [6.07, 6.45) is 1.29. The van der Waals surface area contributed by atoms with Gasteiger partial charge in [0.2, 0.25) is 0 Å². The Morgan fingerprint density at radius 1 is 1.18 bits per heavy atom. The molecule has 0 saturated heterocycles. The molecule has 6 heteroatoms. The number of methoxy groups -OCH3 is 1. The van der Waals surface area contributed by atoms with Gasteiger partial charge in [-0.1, -0.05) is 11.6 Å². The minimum Gasteiger partial charge on any atom is -0.507 e. The van der Waals surface area contributed by atoms with Crippen molar-refractivity contribution < 1.29 is 19.7 Å². The molecule has 22 heavy (non-hydrogen) atoms. The Labute approximate surface area is 127 Å². The molecule has 2 rings (SSSR count). The monoisotopic (exact) mass is 300 g/mol. The Morgan fingerprint density at radius 2 is 1.91 bits per heavy atom. The molecule has 0 heterocycles. The maximum atomic E-state index is 11.9. The van der Waals surface area contributed by atoms with Gasteiger partial charge in [0.1, 0.15) is 17.2 Å². The molecule has 0 spiro atoms. The third-order valence-electron chi connectivity index (χ3n) is 3.00. The second-order valence-electron chi connectivity index (χ2n) is 4.64. The molecule has 6 nitrogen and oxygen atoms in total. The number of aryl methyl sites for hydroxylation is 1. The second kappa shape index (κ2) is 6.62. The topological polar surface area (TPSA) is 91.2 Å². The Hall–Kier alpha value is -3.02. The molecule has 0 radical (unpaired) electrons. The van der Waals surface area contributed by atoms with Crippen LogP contribution in [-0.4, -0.2) is 29.4 Å². The Balaban J connectivity index is 2.12. The number of phenols is 2. The summed E-state index contributed by atoms with van der Waals surface area (Å²) in [6.45, 7) is 1.81. The molecule has 0 atom stereocenters. The first-order chi connectivity index (χ1) is 10.5. The van der Waals surface area contributed by atoms with Crippen molar-refractivity contribution in [2.24, 2.45) is 5.10 Å². The van der Waals surface area contributed by atoms with Crippen LogP contribution in [0.2, 0.25) is 0 Å². The number of hydrogen-bond acceptors (Lipinski definition) is 5. The predicted octanol–water partition coefficient (Wildman–Crippen LogP) is 2.18. The van der Waals surface area contributed by atoms with Crippen LogP contribution >= 0.6 is 0 Å². The molecule has 1 amide bonds. The van der Waals surface area contributed by atoms with E-state index in [4.69, 9.17) is 4.74 Å². The average molecular weight is 300 g/mol. The maximum absolute atomic E-state index is 11.9. The average Bonchev–Trinajstić information content (AvgIpc) is 2.51. The summed E-state index contributed by atoms with van der Waals surface area (Å²) >= 11 is 0. The van der Waals surface area contributed by atoms with Gasteiger partial charge in [0.25, 0.3) is 5.91 Å². The van der Waals surface area contributed by atoms with E-state index >= 15 is 0 Å². The van der Waals surface area contributed by atoms with Gasteiger partial charge in [-0.2, -0.15) is 5.10 Å². The number of phenolic OH excluding ortho intramolecular Hbond substituents is 2. The van der Waals surface area contributed by atoms with Crippen LogP contribution in [0.5, 0.6) is 17.2 Å². The Morgan fingerprint density at radius 3 is 2.64 bits per heavy atom. The first kappa shape index (κ1) is 15.4. The third-order valence-corrected chi connectivity index (χ3v) is 3.00. The quantitative estimate of drug-likeness (QED) is 0.596. The number of nitrogens with zero attached hydrogens (tertiary/aromatic N) is 1. The van der Waals surface area contributed by atoms with E-state index in [9.17, 15) is 15.0 Å². The van der Waals surface area contributed by atoms with E-state index in [1.54, 1.807) is 24.3 Å². The molecule has 2 aromatic carbocycles. The van der Waals surface area contributed by atoms with Gasteiger partial charge in [-0.15, -0.1) is 0 Å². The fourth-order valence-corrected chi connectivity index (χ4v) is 1.82. The summed E-state index contributed by atoms with van der Waals surface area (Å²) in [4.78, 5) is 11.9.